The van der Waals surface area contributed by atoms with Crippen LogP contribution in [0.1, 0.15) is 20.3 Å². The van der Waals surface area contributed by atoms with Gasteiger partial charge in [-0.25, -0.2) is 8.42 Å². The monoisotopic (exact) mass is 263 g/mol. The molecule has 1 rings (SSSR count). The second-order valence-corrected chi connectivity index (χ2v) is 6.80. The maximum absolute atomic E-state index is 12.1. The predicted octanol–water partition coefficient (Wildman–Crippen LogP) is -0.0483. The Morgan fingerprint density at radius 1 is 1.35 bits per heavy atom. The molecule has 0 aromatic rings. The Morgan fingerprint density at radius 3 is 2.65 bits per heavy atom. The molecule has 0 aromatic carbocycles. The predicted molar refractivity (Wildman–Crippen MR) is 70.6 cm³/mol. The lowest BCUT2D eigenvalue weighted by Gasteiger charge is -2.36. The molecule has 1 N–H and O–H groups in total. The van der Waals surface area contributed by atoms with Gasteiger partial charge in [-0.2, -0.15) is 4.31 Å². The molecule has 0 radical (unpaired) electrons. The lowest BCUT2D eigenvalue weighted by atomic mass is 10.2. The van der Waals surface area contributed by atoms with Crippen LogP contribution in [0.5, 0.6) is 0 Å². The summed E-state index contributed by atoms with van der Waals surface area (Å²) >= 11 is 0. The summed E-state index contributed by atoms with van der Waals surface area (Å²) in [6, 6.07) is 0.312. The quantitative estimate of drug-likeness (QED) is 0.683. The standard InChI is InChI=1S/C11H25N3O2S/c1-4-12-6-5-9-17(15,16)14-8-7-13(3)11(2)10-14/h11-12H,4-10H2,1-3H3. The van der Waals surface area contributed by atoms with Crippen LogP contribution in [0.3, 0.4) is 0 Å². The van der Waals surface area contributed by atoms with Gasteiger partial charge in [0.05, 0.1) is 5.75 Å². The van der Waals surface area contributed by atoms with Crippen molar-refractivity contribution in [1.29, 1.82) is 0 Å². The van der Waals surface area contributed by atoms with Crippen LogP contribution in [0.2, 0.25) is 0 Å². The summed E-state index contributed by atoms with van der Waals surface area (Å²) in [7, 11) is -1.01. The van der Waals surface area contributed by atoms with E-state index in [0.29, 0.717) is 25.6 Å². The van der Waals surface area contributed by atoms with Crippen LogP contribution < -0.4 is 5.32 Å². The third-order valence-corrected chi connectivity index (χ3v) is 5.24. The Labute approximate surface area is 105 Å². The van der Waals surface area contributed by atoms with Crippen LogP contribution in [0, 0.1) is 0 Å². The van der Waals surface area contributed by atoms with E-state index in [0.717, 1.165) is 19.6 Å². The Balaban J connectivity index is 2.42. The minimum Gasteiger partial charge on any atom is -0.317 e. The van der Waals surface area contributed by atoms with Gasteiger partial charge in [-0.1, -0.05) is 6.92 Å². The highest BCUT2D eigenvalue weighted by molar-refractivity contribution is 7.89. The summed E-state index contributed by atoms with van der Waals surface area (Å²) in [6.07, 6.45) is 0.691. The van der Waals surface area contributed by atoms with Crippen LogP contribution in [-0.4, -0.2) is 69.2 Å². The molecule has 6 heteroatoms. The van der Waals surface area contributed by atoms with Crippen molar-refractivity contribution >= 4 is 10.0 Å². The number of nitrogens with one attached hydrogen (secondary N) is 1. The largest absolute Gasteiger partial charge is 0.317 e. The molecule has 0 saturated carbocycles. The molecule has 0 amide bonds. The lowest BCUT2D eigenvalue weighted by Crippen LogP contribution is -2.52. The Hall–Kier alpha value is -0.170. The van der Waals surface area contributed by atoms with Gasteiger partial charge in [-0.3, -0.25) is 0 Å². The zero-order valence-electron chi connectivity index (χ0n) is 11.1. The zero-order valence-corrected chi connectivity index (χ0v) is 12.0. The fraction of sp³-hybridized carbons (Fsp3) is 1.00. The van der Waals surface area contributed by atoms with E-state index in [1.165, 1.54) is 0 Å². The smallest absolute Gasteiger partial charge is 0.214 e. The van der Waals surface area contributed by atoms with Crippen molar-refractivity contribution in [3.63, 3.8) is 0 Å². The molecule has 102 valence electrons. The van der Waals surface area contributed by atoms with Crippen molar-refractivity contribution in [3.8, 4) is 0 Å². The van der Waals surface area contributed by atoms with Gasteiger partial charge in [0.15, 0.2) is 0 Å². The lowest BCUT2D eigenvalue weighted by molar-refractivity contribution is 0.159. The topological polar surface area (TPSA) is 52.7 Å². The first-order valence-corrected chi connectivity index (χ1v) is 7.97. The van der Waals surface area contributed by atoms with Gasteiger partial charge in [0.2, 0.25) is 10.0 Å². The molecular formula is C11H25N3O2S. The molecule has 1 fully saturated rings. The SMILES string of the molecule is CCNCCCS(=O)(=O)N1CCN(C)C(C)C1. The van der Waals surface area contributed by atoms with Gasteiger partial charge < -0.3 is 10.2 Å². The molecule has 17 heavy (non-hydrogen) atoms. The number of hydrogen-bond acceptors (Lipinski definition) is 4. The molecular weight excluding hydrogens is 238 g/mol. The first-order valence-electron chi connectivity index (χ1n) is 6.36. The van der Waals surface area contributed by atoms with E-state index in [4.69, 9.17) is 0 Å². The van der Waals surface area contributed by atoms with Crippen molar-refractivity contribution in [1.82, 2.24) is 14.5 Å². The highest BCUT2D eigenvalue weighted by atomic mass is 32.2. The third-order valence-electron chi connectivity index (χ3n) is 3.32. The summed E-state index contributed by atoms with van der Waals surface area (Å²) in [6.45, 7) is 7.85. The van der Waals surface area contributed by atoms with Gasteiger partial charge in [0.25, 0.3) is 0 Å². The Kier molecular flexibility index (Phi) is 5.85. The van der Waals surface area contributed by atoms with Crippen molar-refractivity contribution in [2.45, 2.75) is 26.3 Å². The van der Waals surface area contributed by atoms with Crippen molar-refractivity contribution in [2.24, 2.45) is 0 Å². The Morgan fingerprint density at radius 2 is 2.06 bits per heavy atom. The first kappa shape index (κ1) is 14.9. The van der Waals surface area contributed by atoms with E-state index in [2.05, 4.69) is 17.1 Å². The van der Waals surface area contributed by atoms with E-state index in [9.17, 15) is 8.42 Å². The average molecular weight is 263 g/mol. The first-order chi connectivity index (χ1) is 7.97. The fourth-order valence-electron chi connectivity index (χ4n) is 1.95. The second kappa shape index (κ2) is 6.68. The van der Waals surface area contributed by atoms with Crippen LogP contribution in [0.4, 0.5) is 0 Å². The summed E-state index contributed by atoms with van der Waals surface area (Å²) in [5.41, 5.74) is 0. The number of hydrogen-bond donors (Lipinski definition) is 1. The molecule has 1 saturated heterocycles. The molecule has 0 aliphatic carbocycles. The van der Waals surface area contributed by atoms with Gasteiger partial charge in [-0.15, -0.1) is 0 Å². The molecule has 1 heterocycles. The summed E-state index contributed by atoms with van der Waals surface area (Å²) in [4.78, 5) is 2.20. The molecule has 5 nitrogen and oxygen atoms in total. The number of piperazine rings is 1. The minimum atomic E-state index is -3.05. The molecule has 1 aliphatic heterocycles. The van der Waals surface area contributed by atoms with Crippen LogP contribution in [-0.2, 0) is 10.0 Å². The maximum atomic E-state index is 12.1. The molecule has 1 atom stereocenters. The van der Waals surface area contributed by atoms with Crippen molar-refractivity contribution in [2.75, 3.05) is 45.5 Å². The van der Waals surface area contributed by atoms with E-state index >= 15 is 0 Å². The van der Waals surface area contributed by atoms with Gasteiger partial charge in [0, 0.05) is 25.7 Å². The fourth-order valence-corrected chi connectivity index (χ4v) is 3.52. The van der Waals surface area contributed by atoms with Crippen LogP contribution in [0.25, 0.3) is 0 Å². The van der Waals surface area contributed by atoms with Crippen molar-refractivity contribution < 1.29 is 8.42 Å². The van der Waals surface area contributed by atoms with Crippen LogP contribution in [0.15, 0.2) is 0 Å². The minimum absolute atomic E-state index is 0.260. The maximum Gasteiger partial charge on any atom is 0.214 e. The highest BCUT2D eigenvalue weighted by Gasteiger charge is 2.28. The normalized spacial score (nSPS) is 24.1. The molecule has 1 aliphatic rings. The highest BCUT2D eigenvalue weighted by Crippen LogP contribution is 2.12. The summed E-state index contributed by atoms with van der Waals surface area (Å²) in [5.74, 6) is 0.260. The molecule has 0 spiro atoms. The third kappa shape index (κ3) is 4.54. The van der Waals surface area contributed by atoms with E-state index in [-0.39, 0.29) is 5.75 Å². The molecule has 1 unspecified atom stereocenters. The van der Waals surface area contributed by atoms with Crippen LogP contribution >= 0.6 is 0 Å². The summed E-state index contributed by atoms with van der Waals surface area (Å²) < 4.78 is 25.8. The van der Waals surface area contributed by atoms with Crippen molar-refractivity contribution in [3.05, 3.63) is 0 Å². The van der Waals surface area contributed by atoms with E-state index < -0.39 is 10.0 Å². The summed E-state index contributed by atoms with van der Waals surface area (Å²) in [5, 5.41) is 3.15. The number of nitrogens with zero attached hydrogens (tertiary/aromatic N) is 2. The number of rotatable bonds is 6. The van der Waals surface area contributed by atoms with Gasteiger partial charge in [-0.05, 0) is 33.5 Å². The molecule has 0 aromatic heterocycles. The second-order valence-electron chi connectivity index (χ2n) is 4.71. The Bertz CT molecular complexity index is 319. The number of likely N-dealkylation sites (N-methyl/N-ethyl adjacent to an activating group) is 1. The van der Waals surface area contributed by atoms with Gasteiger partial charge >= 0.3 is 0 Å². The zero-order chi connectivity index (χ0) is 12.9. The van der Waals surface area contributed by atoms with Gasteiger partial charge in [0.1, 0.15) is 0 Å². The van der Waals surface area contributed by atoms with E-state index in [1.807, 2.05) is 14.0 Å². The average Bonchev–Trinajstić information content (AvgIpc) is 2.28. The van der Waals surface area contributed by atoms with E-state index in [1.54, 1.807) is 4.31 Å². The number of sulfonamides is 1. The molecule has 0 bridgehead atoms.